The van der Waals surface area contributed by atoms with Gasteiger partial charge in [0.2, 0.25) is 0 Å². The lowest BCUT2D eigenvalue weighted by molar-refractivity contribution is 0.135. The number of methoxy groups -OCH3 is 1. The Morgan fingerprint density at radius 2 is 1.86 bits per heavy atom. The second-order valence-electron chi connectivity index (χ2n) is 5.38. The Hall–Kier alpha value is -1.84. The molecule has 0 aliphatic carbocycles. The molecule has 2 unspecified atom stereocenters. The van der Waals surface area contributed by atoms with Crippen molar-refractivity contribution in [1.82, 2.24) is 5.32 Å². The number of benzene rings is 2. The van der Waals surface area contributed by atoms with Crippen molar-refractivity contribution >= 4 is 0 Å². The van der Waals surface area contributed by atoms with Gasteiger partial charge in [-0.15, -0.1) is 0 Å². The molecule has 21 heavy (non-hydrogen) atoms. The van der Waals surface area contributed by atoms with Crippen molar-refractivity contribution in [1.29, 1.82) is 0 Å². The molecule has 2 aromatic carbocycles. The molecule has 2 atom stereocenters. The molecule has 112 valence electrons. The summed E-state index contributed by atoms with van der Waals surface area (Å²) in [7, 11) is 1.67. The monoisotopic (exact) mass is 285 g/mol. The summed E-state index contributed by atoms with van der Waals surface area (Å²) in [5.41, 5.74) is 3.25. The Labute approximate surface area is 126 Å². The lowest BCUT2D eigenvalue weighted by atomic mass is 10.0. The Kier molecular flexibility index (Phi) is 5.37. The van der Waals surface area contributed by atoms with Crippen LogP contribution in [0.2, 0.25) is 0 Å². The number of hydrogen-bond acceptors (Lipinski definition) is 3. The lowest BCUT2D eigenvalue weighted by Gasteiger charge is -2.21. The summed E-state index contributed by atoms with van der Waals surface area (Å²) in [6.07, 6.45) is -0.516. The van der Waals surface area contributed by atoms with Crippen LogP contribution >= 0.6 is 0 Å². The first-order valence-electron chi connectivity index (χ1n) is 7.21. The van der Waals surface area contributed by atoms with E-state index in [0.29, 0.717) is 6.54 Å². The van der Waals surface area contributed by atoms with E-state index in [9.17, 15) is 5.11 Å². The predicted octanol–water partition coefficient (Wildman–Crippen LogP) is 3.22. The molecule has 0 fully saturated rings. The van der Waals surface area contributed by atoms with Gasteiger partial charge in [-0.3, -0.25) is 0 Å². The van der Waals surface area contributed by atoms with Crippen LogP contribution < -0.4 is 10.1 Å². The maximum absolute atomic E-state index is 10.3. The molecule has 0 bridgehead atoms. The summed E-state index contributed by atoms with van der Waals surface area (Å²) in [6, 6.07) is 15.8. The highest BCUT2D eigenvalue weighted by atomic mass is 16.5. The van der Waals surface area contributed by atoms with E-state index in [-0.39, 0.29) is 6.04 Å². The molecule has 2 rings (SSSR count). The molecule has 0 spiro atoms. The number of aryl methyl sites for hydroxylation is 1. The molecule has 2 aromatic rings. The van der Waals surface area contributed by atoms with Crippen molar-refractivity contribution in [2.45, 2.75) is 32.5 Å². The van der Waals surface area contributed by atoms with Gasteiger partial charge in [-0.05, 0) is 42.7 Å². The van der Waals surface area contributed by atoms with Crippen molar-refractivity contribution in [3.05, 3.63) is 65.2 Å². The second-order valence-corrected chi connectivity index (χ2v) is 5.38. The third-order valence-electron chi connectivity index (χ3n) is 3.59. The summed E-state index contributed by atoms with van der Waals surface area (Å²) in [6.45, 7) is 4.74. The number of aliphatic hydroxyl groups excluding tert-OH is 1. The largest absolute Gasteiger partial charge is 0.497 e. The number of rotatable bonds is 6. The van der Waals surface area contributed by atoms with Gasteiger partial charge < -0.3 is 15.2 Å². The standard InChI is InChI=1S/C18H23NO2/c1-13-9-15(11-17(10-13)21-3)12-19-14(2)18(20)16-7-5-4-6-8-16/h4-11,14,18-20H,12H2,1-3H3. The van der Waals surface area contributed by atoms with E-state index in [2.05, 4.69) is 11.4 Å². The van der Waals surface area contributed by atoms with Gasteiger partial charge in [-0.1, -0.05) is 36.4 Å². The number of nitrogens with one attached hydrogen (secondary N) is 1. The van der Waals surface area contributed by atoms with Gasteiger partial charge in [-0.2, -0.15) is 0 Å². The normalized spacial score (nSPS) is 13.7. The predicted molar refractivity (Wildman–Crippen MR) is 85.4 cm³/mol. The highest BCUT2D eigenvalue weighted by Gasteiger charge is 2.15. The summed E-state index contributed by atoms with van der Waals surface area (Å²) in [4.78, 5) is 0. The molecule has 0 aliphatic rings. The molecule has 0 saturated carbocycles. The van der Waals surface area contributed by atoms with E-state index >= 15 is 0 Å². The van der Waals surface area contributed by atoms with Crippen LogP contribution in [0.4, 0.5) is 0 Å². The molecule has 0 aromatic heterocycles. The molecular weight excluding hydrogens is 262 g/mol. The fourth-order valence-corrected chi connectivity index (χ4v) is 2.37. The van der Waals surface area contributed by atoms with Crippen LogP contribution in [-0.2, 0) is 6.54 Å². The zero-order valence-electron chi connectivity index (χ0n) is 12.8. The van der Waals surface area contributed by atoms with Gasteiger partial charge in [0.05, 0.1) is 13.2 Å². The van der Waals surface area contributed by atoms with Crippen molar-refractivity contribution in [3.8, 4) is 5.75 Å². The Balaban J connectivity index is 1.98. The number of ether oxygens (including phenoxy) is 1. The van der Waals surface area contributed by atoms with Crippen LogP contribution in [0.3, 0.4) is 0 Å². The fraction of sp³-hybridized carbons (Fsp3) is 0.333. The summed E-state index contributed by atoms with van der Waals surface area (Å²) < 4.78 is 5.28. The van der Waals surface area contributed by atoms with Crippen molar-refractivity contribution in [2.75, 3.05) is 7.11 Å². The molecular formula is C18H23NO2. The maximum Gasteiger partial charge on any atom is 0.119 e. The van der Waals surface area contributed by atoms with Crippen LogP contribution in [0, 0.1) is 6.92 Å². The van der Waals surface area contributed by atoms with Gasteiger partial charge >= 0.3 is 0 Å². The fourth-order valence-electron chi connectivity index (χ4n) is 2.37. The van der Waals surface area contributed by atoms with E-state index in [1.807, 2.05) is 56.3 Å². The molecule has 3 heteroatoms. The van der Waals surface area contributed by atoms with Crippen LogP contribution in [0.1, 0.15) is 29.7 Å². The van der Waals surface area contributed by atoms with Gasteiger partial charge in [0.25, 0.3) is 0 Å². The minimum Gasteiger partial charge on any atom is -0.497 e. The maximum atomic E-state index is 10.3. The van der Waals surface area contributed by atoms with Crippen LogP contribution in [0.25, 0.3) is 0 Å². The molecule has 0 saturated heterocycles. The van der Waals surface area contributed by atoms with Crippen LogP contribution in [0.5, 0.6) is 5.75 Å². The molecule has 0 radical (unpaired) electrons. The van der Waals surface area contributed by atoms with E-state index < -0.39 is 6.10 Å². The molecule has 0 heterocycles. The minimum absolute atomic E-state index is 0.0288. The van der Waals surface area contributed by atoms with E-state index in [4.69, 9.17) is 4.74 Å². The SMILES string of the molecule is COc1cc(C)cc(CNC(C)C(O)c2ccccc2)c1. The third-order valence-corrected chi connectivity index (χ3v) is 3.59. The number of hydrogen-bond donors (Lipinski definition) is 2. The number of aliphatic hydroxyl groups is 1. The Morgan fingerprint density at radius 3 is 2.52 bits per heavy atom. The topological polar surface area (TPSA) is 41.5 Å². The molecule has 2 N–H and O–H groups in total. The molecule has 3 nitrogen and oxygen atoms in total. The highest BCUT2D eigenvalue weighted by Crippen LogP contribution is 2.19. The molecule has 0 aliphatic heterocycles. The summed E-state index contributed by atoms with van der Waals surface area (Å²) >= 11 is 0. The first kappa shape index (κ1) is 15.5. The van der Waals surface area contributed by atoms with Gasteiger partial charge in [0.1, 0.15) is 5.75 Å². The Morgan fingerprint density at radius 1 is 1.14 bits per heavy atom. The smallest absolute Gasteiger partial charge is 0.119 e. The average Bonchev–Trinajstić information content (AvgIpc) is 2.52. The lowest BCUT2D eigenvalue weighted by Crippen LogP contribution is -2.31. The average molecular weight is 285 g/mol. The first-order chi connectivity index (χ1) is 10.1. The second kappa shape index (κ2) is 7.25. The van der Waals surface area contributed by atoms with Crippen LogP contribution in [-0.4, -0.2) is 18.3 Å². The van der Waals surface area contributed by atoms with Gasteiger partial charge in [0.15, 0.2) is 0 Å². The van der Waals surface area contributed by atoms with Crippen LogP contribution in [0.15, 0.2) is 48.5 Å². The van der Waals surface area contributed by atoms with Crippen molar-refractivity contribution in [3.63, 3.8) is 0 Å². The quantitative estimate of drug-likeness (QED) is 0.856. The highest BCUT2D eigenvalue weighted by molar-refractivity contribution is 5.33. The van der Waals surface area contributed by atoms with E-state index in [0.717, 1.165) is 16.9 Å². The summed E-state index contributed by atoms with van der Waals surface area (Å²) in [5, 5.41) is 13.7. The van der Waals surface area contributed by atoms with E-state index in [1.165, 1.54) is 5.56 Å². The van der Waals surface area contributed by atoms with Gasteiger partial charge in [0, 0.05) is 12.6 Å². The van der Waals surface area contributed by atoms with Crippen molar-refractivity contribution < 1.29 is 9.84 Å². The minimum atomic E-state index is -0.516. The zero-order valence-corrected chi connectivity index (χ0v) is 12.8. The first-order valence-corrected chi connectivity index (χ1v) is 7.21. The third kappa shape index (κ3) is 4.31. The Bertz CT molecular complexity index is 569. The van der Waals surface area contributed by atoms with Gasteiger partial charge in [-0.25, -0.2) is 0 Å². The zero-order chi connectivity index (χ0) is 15.2. The molecule has 0 amide bonds. The summed E-state index contributed by atoms with van der Waals surface area (Å²) in [5.74, 6) is 0.864. The van der Waals surface area contributed by atoms with E-state index in [1.54, 1.807) is 7.11 Å². The van der Waals surface area contributed by atoms with Crippen molar-refractivity contribution in [2.24, 2.45) is 0 Å².